The van der Waals surface area contributed by atoms with Gasteiger partial charge in [-0.15, -0.1) is 0 Å². The third-order valence-corrected chi connectivity index (χ3v) is 3.29. The number of aliphatic hydroxyl groups is 1. The molecule has 1 aromatic carbocycles. The van der Waals surface area contributed by atoms with Crippen LogP contribution >= 0.6 is 0 Å². The van der Waals surface area contributed by atoms with Gasteiger partial charge in [0.1, 0.15) is 0 Å². The maximum absolute atomic E-state index is 10.9. The molecule has 0 spiro atoms. The zero-order valence-corrected chi connectivity index (χ0v) is 9.29. The normalized spacial score (nSPS) is 18.7. The lowest BCUT2D eigenvalue weighted by molar-refractivity contribution is -0.0158. The number of nitrogens with zero attached hydrogens (tertiary/aromatic N) is 2. The molecule has 2 N–H and O–H groups in total. The van der Waals surface area contributed by atoms with Crippen molar-refractivity contribution in [3.63, 3.8) is 0 Å². The van der Waals surface area contributed by atoms with Gasteiger partial charge < -0.3 is 10.6 Å². The summed E-state index contributed by atoms with van der Waals surface area (Å²) in [5.74, 6) is 0. The second-order valence-corrected chi connectivity index (χ2v) is 4.93. The first-order valence-electron chi connectivity index (χ1n) is 4.63. The molecule has 88 valence electrons. The highest BCUT2D eigenvalue weighted by Gasteiger charge is 2.27. The third kappa shape index (κ3) is 2.04. The van der Waals surface area contributed by atoms with Gasteiger partial charge in [-0.1, -0.05) is 6.08 Å². The predicted octanol–water partition coefficient (Wildman–Crippen LogP) is 0.340. The van der Waals surface area contributed by atoms with Crippen LogP contribution in [0, 0.1) is 0 Å². The van der Waals surface area contributed by atoms with Gasteiger partial charge in [0.05, 0.1) is 10.5 Å². The standard InChI is InChI=1S/C10H8N2O4S/c11-12-10-8-3-2-7(17(14,15)16)5-6(8)1-4-9(10)13/h1-5,9,13H,(H,14,15,16). The van der Waals surface area contributed by atoms with Gasteiger partial charge in [0.2, 0.25) is 0 Å². The average Bonchev–Trinajstić information content (AvgIpc) is 2.27. The minimum absolute atomic E-state index is 0.0318. The van der Waals surface area contributed by atoms with Crippen molar-refractivity contribution in [2.45, 2.75) is 11.0 Å². The van der Waals surface area contributed by atoms with E-state index in [2.05, 4.69) is 4.79 Å². The number of benzene rings is 1. The predicted molar refractivity (Wildman–Crippen MR) is 59.0 cm³/mol. The SMILES string of the molecule is [N-]=[N+]=C1c2ccc(S(=O)(=O)O)cc2C=CC1O. The van der Waals surface area contributed by atoms with E-state index in [1.807, 2.05) is 0 Å². The average molecular weight is 252 g/mol. The van der Waals surface area contributed by atoms with Crippen molar-refractivity contribution in [3.8, 4) is 0 Å². The second-order valence-electron chi connectivity index (χ2n) is 3.51. The maximum Gasteiger partial charge on any atom is 0.331 e. The van der Waals surface area contributed by atoms with Crippen LogP contribution < -0.4 is 0 Å². The van der Waals surface area contributed by atoms with E-state index in [9.17, 15) is 13.5 Å². The van der Waals surface area contributed by atoms with Gasteiger partial charge in [-0.3, -0.25) is 4.55 Å². The zero-order valence-electron chi connectivity index (χ0n) is 8.48. The molecule has 17 heavy (non-hydrogen) atoms. The molecule has 0 bridgehead atoms. The summed E-state index contributed by atoms with van der Waals surface area (Å²) in [4.78, 5) is 2.71. The number of aliphatic hydroxyl groups excluding tert-OH is 1. The van der Waals surface area contributed by atoms with Gasteiger partial charge in [0, 0.05) is 0 Å². The lowest BCUT2D eigenvalue weighted by Crippen LogP contribution is -2.24. The Kier molecular flexibility index (Phi) is 2.68. The molecule has 0 saturated heterocycles. The van der Waals surface area contributed by atoms with Crippen LogP contribution in [0.25, 0.3) is 11.6 Å². The smallest absolute Gasteiger partial charge is 0.331 e. The Balaban J connectivity index is 2.67. The van der Waals surface area contributed by atoms with E-state index in [1.54, 1.807) is 0 Å². The fraction of sp³-hybridized carbons (Fsp3) is 0.100. The van der Waals surface area contributed by atoms with E-state index in [1.165, 1.54) is 30.4 Å². The maximum atomic E-state index is 10.9. The van der Waals surface area contributed by atoms with E-state index < -0.39 is 16.2 Å². The summed E-state index contributed by atoms with van der Waals surface area (Å²) in [6.07, 6.45) is 1.80. The summed E-state index contributed by atoms with van der Waals surface area (Å²) in [5.41, 5.74) is 9.65. The molecule has 7 heteroatoms. The summed E-state index contributed by atoms with van der Waals surface area (Å²) in [6, 6.07) is 3.77. The molecule has 0 aromatic heterocycles. The first-order valence-corrected chi connectivity index (χ1v) is 6.07. The molecule has 1 atom stereocenters. The van der Waals surface area contributed by atoms with Crippen LogP contribution in [0.1, 0.15) is 11.1 Å². The van der Waals surface area contributed by atoms with Crippen molar-refractivity contribution < 1.29 is 22.9 Å². The fourth-order valence-corrected chi connectivity index (χ4v) is 2.15. The van der Waals surface area contributed by atoms with Crippen molar-refractivity contribution in [2.75, 3.05) is 0 Å². The van der Waals surface area contributed by atoms with Crippen molar-refractivity contribution in [2.24, 2.45) is 0 Å². The molecule has 1 aliphatic rings. The molecule has 1 unspecified atom stereocenters. The molecule has 1 aromatic rings. The Morgan fingerprint density at radius 3 is 2.65 bits per heavy atom. The van der Waals surface area contributed by atoms with Crippen LogP contribution in [0.5, 0.6) is 0 Å². The van der Waals surface area contributed by atoms with Gasteiger partial charge >= 0.3 is 5.71 Å². The summed E-state index contributed by atoms with van der Waals surface area (Å²) >= 11 is 0. The number of hydrogen-bond donors (Lipinski definition) is 2. The first kappa shape index (κ1) is 11.7. The Hall–Kier alpha value is -1.79. The summed E-state index contributed by atoms with van der Waals surface area (Å²) in [6.45, 7) is 0. The first-order chi connectivity index (χ1) is 7.93. The minimum Gasteiger partial charge on any atom is -0.377 e. The summed E-state index contributed by atoms with van der Waals surface area (Å²) < 4.78 is 30.8. The van der Waals surface area contributed by atoms with Crippen LogP contribution in [0.4, 0.5) is 0 Å². The highest BCUT2D eigenvalue weighted by molar-refractivity contribution is 7.85. The lowest BCUT2D eigenvalue weighted by atomic mass is 9.94. The van der Waals surface area contributed by atoms with Gasteiger partial charge in [0.15, 0.2) is 6.10 Å². The largest absolute Gasteiger partial charge is 0.377 e. The molecule has 0 heterocycles. The summed E-state index contributed by atoms with van der Waals surface area (Å²) in [5, 5.41) is 9.50. The van der Waals surface area contributed by atoms with Crippen LogP contribution in [0.2, 0.25) is 0 Å². The Bertz CT molecular complexity index is 657. The van der Waals surface area contributed by atoms with Gasteiger partial charge in [-0.2, -0.15) is 13.2 Å². The summed E-state index contributed by atoms with van der Waals surface area (Å²) in [7, 11) is -4.27. The van der Waals surface area contributed by atoms with E-state index in [0.717, 1.165) is 0 Å². The van der Waals surface area contributed by atoms with Gasteiger partial charge in [-0.05, 0) is 29.8 Å². The quantitative estimate of drug-likeness (QED) is 0.426. The lowest BCUT2D eigenvalue weighted by Gasteiger charge is -2.11. The molecule has 0 saturated carbocycles. The van der Waals surface area contributed by atoms with Crippen LogP contribution in [-0.2, 0) is 10.1 Å². The zero-order chi connectivity index (χ0) is 12.6. The molecule has 6 nitrogen and oxygen atoms in total. The topological polar surface area (TPSA) is 111 Å². The Morgan fingerprint density at radius 2 is 2.06 bits per heavy atom. The monoisotopic (exact) mass is 252 g/mol. The second kappa shape index (κ2) is 3.90. The molecule has 1 aliphatic carbocycles. The third-order valence-electron chi connectivity index (χ3n) is 2.44. The van der Waals surface area contributed by atoms with E-state index in [4.69, 9.17) is 10.1 Å². The fourth-order valence-electron chi connectivity index (χ4n) is 1.63. The van der Waals surface area contributed by atoms with Crippen LogP contribution in [0.15, 0.2) is 29.2 Å². The molecular formula is C10H8N2O4S. The minimum atomic E-state index is -4.27. The van der Waals surface area contributed by atoms with Crippen molar-refractivity contribution in [3.05, 3.63) is 40.9 Å². The number of fused-ring (bicyclic) bond motifs is 1. The van der Waals surface area contributed by atoms with Crippen molar-refractivity contribution >= 4 is 21.9 Å². The van der Waals surface area contributed by atoms with Gasteiger partial charge in [-0.25, -0.2) is 0 Å². The number of rotatable bonds is 1. The molecule has 0 amide bonds. The molecule has 0 aliphatic heterocycles. The van der Waals surface area contributed by atoms with E-state index in [-0.39, 0.29) is 10.6 Å². The van der Waals surface area contributed by atoms with Crippen molar-refractivity contribution in [1.29, 1.82) is 0 Å². The van der Waals surface area contributed by atoms with Crippen molar-refractivity contribution in [1.82, 2.24) is 0 Å². The Morgan fingerprint density at radius 1 is 1.35 bits per heavy atom. The van der Waals surface area contributed by atoms with Gasteiger partial charge in [0.25, 0.3) is 10.1 Å². The number of hydrogen-bond acceptors (Lipinski definition) is 3. The highest BCUT2D eigenvalue weighted by atomic mass is 32.2. The molecule has 0 fully saturated rings. The van der Waals surface area contributed by atoms with Crippen LogP contribution in [-0.4, -0.2) is 34.7 Å². The molecule has 0 radical (unpaired) electrons. The molecular weight excluding hydrogens is 244 g/mol. The van der Waals surface area contributed by atoms with E-state index >= 15 is 0 Å². The van der Waals surface area contributed by atoms with E-state index in [0.29, 0.717) is 11.1 Å². The highest BCUT2D eigenvalue weighted by Crippen LogP contribution is 2.22. The van der Waals surface area contributed by atoms with Crippen LogP contribution in [0.3, 0.4) is 0 Å². The Labute approximate surface area is 97.2 Å². The molecule has 2 rings (SSSR count).